The van der Waals surface area contributed by atoms with Crippen LogP contribution < -0.4 is 4.74 Å². The van der Waals surface area contributed by atoms with Gasteiger partial charge in [-0.25, -0.2) is 14.4 Å². The number of carbonyl (C=O) groups is 1. The topological polar surface area (TPSA) is 55.3 Å². The van der Waals surface area contributed by atoms with Gasteiger partial charge in [-0.05, 0) is 16.3 Å². The molecular weight excluding hydrogens is 333 g/mol. The molecular formula is C20H18FN3O2. The summed E-state index contributed by atoms with van der Waals surface area (Å²) in [6.07, 6.45) is 3.04. The first-order chi connectivity index (χ1) is 12.7. The van der Waals surface area contributed by atoms with E-state index in [4.69, 9.17) is 4.74 Å². The average molecular weight is 351 g/mol. The highest BCUT2D eigenvalue weighted by Gasteiger charge is 2.28. The van der Waals surface area contributed by atoms with Crippen LogP contribution in [0.4, 0.5) is 4.39 Å². The zero-order valence-electron chi connectivity index (χ0n) is 14.1. The summed E-state index contributed by atoms with van der Waals surface area (Å²) in [7, 11) is 0. The molecule has 1 atom stereocenters. The lowest BCUT2D eigenvalue weighted by molar-refractivity contribution is -0.129. The number of aromatic nitrogens is 2. The summed E-state index contributed by atoms with van der Waals surface area (Å²) in [5.74, 6) is -0.428. The van der Waals surface area contributed by atoms with Gasteiger partial charge in [0.1, 0.15) is 6.10 Å². The Balaban J connectivity index is 1.40. The van der Waals surface area contributed by atoms with E-state index >= 15 is 0 Å². The van der Waals surface area contributed by atoms with Gasteiger partial charge in [0.2, 0.25) is 5.91 Å². The van der Waals surface area contributed by atoms with Gasteiger partial charge >= 0.3 is 6.01 Å². The number of hydrogen-bond donors (Lipinski definition) is 0. The number of fused-ring (bicyclic) bond motifs is 1. The second-order valence-corrected chi connectivity index (χ2v) is 6.37. The molecule has 1 aliphatic heterocycles. The van der Waals surface area contributed by atoms with Crippen LogP contribution in [-0.4, -0.2) is 40.0 Å². The largest absolute Gasteiger partial charge is 0.458 e. The minimum Gasteiger partial charge on any atom is -0.458 e. The summed E-state index contributed by atoms with van der Waals surface area (Å²) in [5.41, 5.74) is 1.03. The number of nitrogens with zero attached hydrogens (tertiary/aromatic N) is 3. The van der Waals surface area contributed by atoms with Gasteiger partial charge in [-0.1, -0.05) is 42.5 Å². The maximum Gasteiger partial charge on any atom is 0.316 e. The van der Waals surface area contributed by atoms with Crippen LogP contribution in [0.25, 0.3) is 10.8 Å². The van der Waals surface area contributed by atoms with E-state index < -0.39 is 5.82 Å². The van der Waals surface area contributed by atoms with E-state index in [1.165, 1.54) is 0 Å². The van der Waals surface area contributed by atoms with E-state index in [0.717, 1.165) is 28.7 Å². The molecule has 26 heavy (non-hydrogen) atoms. The molecule has 0 spiro atoms. The normalized spacial score (nSPS) is 16.8. The molecule has 0 aliphatic carbocycles. The van der Waals surface area contributed by atoms with Gasteiger partial charge in [-0.3, -0.25) is 4.79 Å². The van der Waals surface area contributed by atoms with Crippen molar-refractivity contribution in [3.63, 3.8) is 0 Å². The van der Waals surface area contributed by atoms with Crippen LogP contribution in [-0.2, 0) is 11.2 Å². The Morgan fingerprint density at radius 3 is 2.77 bits per heavy atom. The molecule has 4 rings (SSSR count). The molecule has 3 aromatic rings. The maximum absolute atomic E-state index is 12.9. The monoisotopic (exact) mass is 351 g/mol. The van der Waals surface area contributed by atoms with Gasteiger partial charge in [0, 0.05) is 13.0 Å². The predicted octanol–water partition coefficient (Wildman–Crippen LogP) is 2.99. The Morgan fingerprint density at radius 1 is 1.15 bits per heavy atom. The van der Waals surface area contributed by atoms with Crippen molar-refractivity contribution < 1.29 is 13.9 Å². The fourth-order valence-electron chi connectivity index (χ4n) is 3.28. The van der Waals surface area contributed by atoms with Crippen molar-refractivity contribution in [1.82, 2.24) is 14.9 Å². The smallest absolute Gasteiger partial charge is 0.316 e. The van der Waals surface area contributed by atoms with Gasteiger partial charge in [-0.15, -0.1) is 0 Å². The summed E-state index contributed by atoms with van der Waals surface area (Å²) in [6.45, 7) is 1.12. The van der Waals surface area contributed by atoms with Crippen LogP contribution in [0.1, 0.15) is 12.0 Å². The second-order valence-electron chi connectivity index (χ2n) is 6.37. The number of ether oxygens (including phenoxy) is 1. The van der Waals surface area contributed by atoms with Gasteiger partial charge in [0.15, 0.2) is 5.82 Å². The fourth-order valence-corrected chi connectivity index (χ4v) is 3.28. The third-order valence-electron chi connectivity index (χ3n) is 4.59. The maximum atomic E-state index is 12.9. The minimum atomic E-state index is -0.504. The first-order valence-corrected chi connectivity index (χ1v) is 8.57. The Labute approximate surface area is 150 Å². The molecule has 1 saturated heterocycles. The molecule has 6 heteroatoms. The summed E-state index contributed by atoms with van der Waals surface area (Å²) >= 11 is 0. The van der Waals surface area contributed by atoms with Crippen LogP contribution in [0.15, 0.2) is 54.9 Å². The average Bonchev–Trinajstić information content (AvgIpc) is 3.13. The number of rotatable bonds is 4. The molecule has 1 amide bonds. The van der Waals surface area contributed by atoms with Crippen LogP contribution in [0.2, 0.25) is 0 Å². The molecule has 0 radical (unpaired) electrons. The second kappa shape index (κ2) is 7.07. The van der Waals surface area contributed by atoms with Crippen LogP contribution in [0, 0.1) is 5.82 Å². The number of carbonyl (C=O) groups excluding carboxylic acids is 1. The first kappa shape index (κ1) is 16.4. The molecule has 2 heterocycles. The van der Waals surface area contributed by atoms with Crippen molar-refractivity contribution in [1.29, 1.82) is 0 Å². The molecule has 5 nitrogen and oxygen atoms in total. The van der Waals surface area contributed by atoms with Crippen molar-refractivity contribution in [2.45, 2.75) is 18.9 Å². The number of halogens is 1. The quantitative estimate of drug-likeness (QED) is 0.725. The summed E-state index contributed by atoms with van der Waals surface area (Å²) in [4.78, 5) is 22.1. The van der Waals surface area contributed by atoms with E-state index in [0.29, 0.717) is 25.9 Å². The highest BCUT2D eigenvalue weighted by Crippen LogP contribution is 2.21. The SMILES string of the molecule is O=C(Cc1cccc2ccccc12)N1CC[C@H](Oc2ncc(F)cn2)C1. The van der Waals surface area contributed by atoms with Crippen LogP contribution >= 0.6 is 0 Å². The zero-order chi connectivity index (χ0) is 17.9. The summed E-state index contributed by atoms with van der Waals surface area (Å²) in [6, 6.07) is 14.2. The van der Waals surface area contributed by atoms with E-state index in [1.807, 2.05) is 42.5 Å². The Kier molecular flexibility index (Phi) is 4.48. The Morgan fingerprint density at radius 2 is 1.92 bits per heavy atom. The predicted molar refractivity (Wildman–Crippen MR) is 95.3 cm³/mol. The van der Waals surface area contributed by atoms with Crippen LogP contribution in [0.3, 0.4) is 0 Å². The van der Waals surface area contributed by atoms with Gasteiger partial charge < -0.3 is 9.64 Å². The Hall–Kier alpha value is -3.02. The molecule has 1 aromatic heterocycles. The number of hydrogen-bond acceptors (Lipinski definition) is 4. The molecule has 0 N–H and O–H groups in total. The molecule has 0 unspecified atom stereocenters. The number of likely N-dealkylation sites (tertiary alicyclic amines) is 1. The highest BCUT2D eigenvalue weighted by molar-refractivity contribution is 5.90. The van der Waals surface area contributed by atoms with Gasteiger partial charge in [-0.2, -0.15) is 0 Å². The fraction of sp³-hybridized carbons (Fsp3) is 0.250. The van der Waals surface area contributed by atoms with Crippen molar-refractivity contribution >= 4 is 16.7 Å². The summed E-state index contributed by atoms with van der Waals surface area (Å²) in [5, 5.41) is 2.24. The first-order valence-electron chi connectivity index (χ1n) is 8.57. The standard InChI is InChI=1S/C20H18FN3O2/c21-16-11-22-20(23-12-16)26-17-8-9-24(13-17)19(25)10-15-6-3-5-14-4-1-2-7-18(14)15/h1-7,11-12,17H,8-10,13H2/t17-/m0/s1. The molecule has 0 bridgehead atoms. The van der Waals surface area contributed by atoms with E-state index in [2.05, 4.69) is 9.97 Å². The van der Waals surface area contributed by atoms with Gasteiger partial charge in [0.25, 0.3) is 0 Å². The van der Waals surface area contributed by atoms with E-state index in [9.17, 15) is 9.18 Å². The van der Waals surface area contributed by atoms with Crippen LogP contribution in [0.5, 0.6) is 6.01 Å². The van der Waals surface area contributed by atoms with Crippen molar-refractivity contribution in [3.8, 4) is 6.01 Å². The van der Waals surface area contributed by atoms with Crippen molar-refractivity contribution in [2.75, 3.05) is 13.1 Å². The third kappa shape index (κ3) is 3.49. The number of benzene rings is 2. The molecule has 0 saturated carbocycles. The summed E-state index contributed by atoms with van der Waals surface area (Å²) < 4.78 is 18.5. The lowest BCUT2D eigenvalue weighted by Crippen LogP contribution is -2.32. The van der Waals surface area contributed by atoms with Crippen molar-refractivity contribution in [2.24, 2.45) is 0 Å². The third-order valence-corrected chi connectivity index (χ3v) is 4.59. The van der Waals surface area contributed by atoms with E-state index in [1.54, 1.807) is 4.90 Å². The minimum absolute atomic E-state index is 0.0764. The lowest BCUT2D eigenvalue weighted by atomic mass is 10.0. The molecule has 2 aromatic carbocycles. The molecule has 1 fully saturated rings. The van der Waals surface area contributed by atoms with Crippen molar-refractivity contribution in [3.05, 3.63) is 66.2 Å². The Bertz CT molecular complexity index is 924. The zero-order valence-corrected chi connectivity index (χ0v) is 14.1. The van der Waals surface area contributed by atoms with E-state index in [-0.39, 0.29) is 18.0 Å². The lowest BCUT2D eigenvalue weighted by Gasteiger charge is -2.17. The molecule has 1 aliphatic rings. The molecule has 132 valence electrons. The highest BCUT2D eigenvalue weighted by atomic mass is 19.1. The van der Waals surface area contributed by atoms with Gasteiger partial charge in [0.05, 0.1) is 25.4 Å². The number of amides is 1.